The Balaban J connectivity index is 2.25. The molecule has 1 heterocycles. The molecule has 0 spiro atoms. The van der Waals surface area contributed by atoms with E-state index in [2.05, 4.69) is 17.9 Å². The van der Waals surface area contributed by atoms with Crippen LogP contribution in [-0.4, -0.2) is 35.2 Å². The third kappa shape index (κ3) is 3.98. The van der Waals surface area contributed by atoms with Gasteiger partial charge in [0, 0.05) is 23.7 Å². The van der Waals surface area contributed by atoms with Crippen molar-refractivity contribution in [3.05, 3.63) is 34.9 Å². The summed E-state index contributed by atoms with van der Waals surface area (Å²) in [4.78, 5) is 2.52. The molecular weight excluding hydrogens is 284 g/mol. The van der Waals surface area contributed by atoms with E-state index in [-0.39, 0.29) is 18.7 Å². The summed E-state index contributed by atoms with van der Waals surface area (Å²) in [5, 5.41) is 9.91. The fourth-order valence-corrected chi connectivity index (χ4v) is 3.70. The molecule has 0 aliphatic carbocycles. The molecule has 3 unspecified atom stereocenters. The zero-order chi connectivity index (χ0) is 15.2. The van der Waals surface area contributed by atoms with Gasteiger partial charge in [-0.15, -0.1) is 0 Å². The number of nitrogens with two attached hydrogens (primary N) is 1. The third-order valence-electron chi connectivity index (χ3n) is 4.58. The molecule has 4 heteroatoms. The molecule has 1 aromatic carbocycles. The summed E-state index contributed by atoms with van der Waals surface area (Å²) < 4.78 is 0. The van der Waals surface area contributed by atoms with E-state index in [1.54, 1.807) is 0 Å². The largest absolute Gasteiger partial charge is 0.396 e. The lowest BCUT2D eigenvalue weighted by Gasteiger charge is -2.37. The van der Waals surface area contributed by atoms with Crippen LogP contribution < -0.4 is 5.73 Å². The van der Waals surface area contributed by atoms with Gasteiger partial charge in [0.1, 0.15) is 0 Å². The number of rotatable bonds is 7. The van der Waals surface area contributed by atoms with Crippen LogP contribution in [0.5, 0.6) is 0 Å². The van der Waals surface area contributed by atoms with Crippen LogP contribution in [0.3, 0.4) is 0 Å². The first-order chi connectivity index (χ1) is 10.2. The van der Waals surface area contributed by atoms with Crippen molar-refractivity contribution in [2.45, 2.75) is 57.2 Å². The molecule has 1 aliphatic rings. The molecule has 1 aliphatic heterocycles. The van der Waals surface area contributed by atoms with Crippen LogP contribution in [0.4, 0.5) is 0 Å². The molecule has 3 atom stereocenters. The number of hydrogen-bond donors (Lipinski definition) is 2. The minimum absolute atomic E-state index is 0.0830. The van der Waals surface area contributed by atoms with Gasteiger partial charge >= 0.3 is 0 Å². The van der Waals surface area contributed by atoms with E-state index in [1.165, 1.54) is 12.8 Å². The molecular formula is C17H27ClN2O. The van der Waals surface area contributed by atoms with Crippen LogP contribution >= 0.6 is 11.6 Å². The quantitative estimate of drug-likeness (QED) is 0.812. The van der Waals surface area contributed by atoms with Crippen LogP contribution in [0, 0.1) is 0 Å². The van der Waals surface area contributed by atoms with Crippen molar-refractivity contribution in [1.29, 1.82) is 0 Å². The van der Waals surface area contributed by atoms with E-state index in [0.29, 0.717) is 6.04 Å². The van der Waals surface area contributed by atoms with E-state index in [9.17, 15) is 0 Å². The van der Waals surface area contributed by atoms with Gasteiger partial charge in [0.15, 0.2) is 0 Å². The lowest BCUT2D eigenvalue weighted by atomic mass is 9.94. The molecule has 1 fully saturated rings. The minimum Gasteiger partial charge on any atom is -0.396 e. The van der Waals surface area contributed by atoms with Gasteiger partial charge < -0.3 is 10.8 Å². The van der Waals surface area contributed by atoms with Crippen molar-refractivity contribution in [2.75, 3.05) is 13.2 Å². The van der Waals surface area contributed by atoms with Crippen LogP contribution in [0.1, 0.15) is 50.6 Å². The highest BCUT2D eigenvalue weighted by atomic mass is 35.5. The highest BCUT2D eigenvalue weighted by Gasteiger charge is 2.34. The summed E-state index contributed by atoms with van der Waals surface area (Å²) in [6.45, 7) is 3.47. The molecule has 3 nitrogen and oxygen atoms in total. The molecule has 0 bridgehead atoms. The molecule has 1 saturated heterocycles. The van der Waals surface area contributed by atoms with Gasteiger partial charge in [-0.05, 0) is 50.3 Å². The molecule has 0 radical (unpaired) electrons. The molecule has 0 aromatic heterocycles. The number of halogens is 1. The number of hydrogen-bond acceptors (Lipinski definition) is 3. The Bertz CT molecular complexity index is 441. The predicted molar refractivity (Wildman–Crippen MR) is 88.5 cm³/mol. The molecule has 2 rings (SSSR count). The molecule has 21 heavy (non-hydrogen) atoms. The standard InChI is InChI=1S/C17H27ClN2O/c1-2-16(19)17(14-9-3-4-10-15(14)18)20-11-5-7-13(20)8-6-12-21/h3-4,9-10,13,16-17,21H,2,5-8,11-12,19H2,1H3. The Morgan fingerprint density at radius 1 is 1.43 bits per heavy atom. The van der Waals surface area contributed by atoms with Gasteiger partial charge in [0.2, 0.25) is 0 Å². The average molecular weight is 311 g/mol. The zero-order valence-electron chi connectivity index (χ0n) is 12.8. The van der Waals surface area contributed by atoms with E-state index in [1.807, 2.05) is 18.2 Å². The Labute approximate surface area is 133 Å². The molecule has 3 N–H and O–H groups in total. The summed E-state index contributed by atoms with van der Waals surface area (Å²) in [5.74, 6) is 0. The highest BCUT2D eigenvalue weighted by Crippen LogP contribution is 2.36. The second kappa shape index (κ2) is 8.14. The topological polar surface area (TPSA) is 49.5 Å². The van der Waals surface area contributed by atoms with Crippen LogP contribution in [-0.2, 0) is 0 Å². The summed E-state index contributed by atoms with van der Waals surface area (Å²) in [5.41, 5.74) is 7.58. The SMILES string of the molecule is CCC(N)C(c1ccccc1Cl)N1CCCC1CCCO. The maximum atomic E-state index is 9.10. The smallest absolute Gasteiger partial charge is 0.0516 e. The van der Waals surface area contributed by atoms with E-state index >= 15 is 0 Å². The highest BCUT2D eigenvalue weighted by molar-refractivity contribution is 6.31. The summed E-state index contributed by atoms with van der Waals surface area (Å²) in [6.07, 6.45) is 5.22. The number of nitrogens with zero attached hydrogens (tertiary/aromatic N) is 1. The molecule has 0 saturated carbocycles. The number of benzene rings is 1. The minimum atomic E-state index is 0.0830. The van der Waals surface area contributed by atoms with Crippen molar-refractivity contribution in [1.82, 2.24) is 4.90 Å². The van der Waals surface area contributed by atoms with Crippen molar-refractivity contribution in [3.8, 4) is 0 Å². The van der Waals surface area contributed by atoms with E-state index in [0.717, 1.165) is 36.4 Å². The maximum Gasteiger partial charge on any atom is 0.0516 e. The Morgan fingerprint density at radius 2 is 2.19 bits per heavy atom. The lowest BCUT2D eigenvalue weighted by molar-refractivity contribution is 0.140. The van der Waals surface area contributed by atoms with Crippen molar-refractivity contribution >= 4 is 11.6 Å². The van der Waals surface area contributed by atoms with Gasteiger partial charge in [0.25, 0.3) is 0 Å². The molecule has 1 aromatic rings. The van der Waals surface area contributed by atoms with Gasteiger partial charge in [-0.2, -0.15) is 0 Å². The summed E-state index contributed by atoms with van der Waals surface area (Å²) in [7, 11) is 0. The number of aliphatic hydroxyl groups excluding tert-OH is 1. The van der Waals surface area contributed by atoms with E-state index < -0.39 is 0 Å². The van der Waals surface area contributed by atoms with Gasteiger partial charge in [-0.1, -0.05) is 36.7 Å². The Morgan fingerprint density at radius 3 is 2.86 bits per heavy atom. The van der Waals surface area contributed by atoms with Crippen molar-refractivity contribution < 1.29 is 5.11 Å². The predicted octanol–water partition coefficient (Wildman–Crippen LogP) is 3.36. The lowest BCUT2D eigenvalue weighted by Crippen LogP contribution is -2.43. The monoisotopic (exact) mass is 310 g/mol. The second-order valence-electron chi connectivity index (χ2n) is 5.94. The van der Waals surface area contributed by atoms with Crippen LogP contribution in [0.2, 0.25) is 5.02 Å². The third-order valence-corrected chi connectivity index (χ3v) is 4.92. The fourth-order valence-electron chi connectivity index (χ4n) is 3.45. The van der Waals surface area contributed by atoms with Crippen LogP contribution in [0.25, 0.3) is 0 Å². The second-order valence-corrected chi connectivity index (χ2v) is 6.35. The Hall–Kier alpha value is -0.610. The first kappa shape index (κ1) is 16.8. The first-order valence-corrected chi connectivity index (χ1v) is 8.43. The fraction of sp³-hybridized carbons (Fsp3) is 0.647. The van der Waals surface area contributed by atoms with Crippen molar-refractivity contribution in [2.24, 2.45) is 5.73 Å². The number of aliphatic hydroxyl groups is 1. The zero-order valence-corrected chi connectivity index (χ0v) is 13.6. The van der Waals surface area contributed by atoms with Crippen molar-refractivity contribution in [3.63, 3.8) is 0 Å². The van der Waals surface area contributed by atoms with Gasteiger partial charge in [-0.25, -0.2) is 0 Å². The Kier molecular flexibility index (Phi) is 6.49. The maximum absolute atomic E-state index is 9.10. The normalized spacial score (nSPS) is 22.4. The van der Waals surface area contributed by atoms with Crippen LogP contribution in [0.15, 0.2) is 24.3 Å². The average Bonchev–Trinajstić information content (AvgIpc) is 2.95. The van der Waals surface area contributed by atoms with Gasteiger partial charge in [-0.3, -0.25) is 4.90 Å². The summed E-state index contributed by atoms with van der Waals surface area (Å²) in [6, 6.07) is 8.82. The summed E-state index contributed by atoms with van der Waals surface area (Å²) >= 11 is 6.43. The molecule has 118 valence electrons. The van der Waals surface area contributed by atoms with E-state index in [4.69, 9.17) is 22.4 Å². The molecule has 0 amide bonds. The number of likely N-dealkylation sites (tertiary alicyclic amines) is 1. The first-order valence-electron chi connectivity index (χ1n) is 8.05. The van der Waals surface area contributed by atoms with Gasteiger partial charge in [0.05, 0.1) is 6.04 Å².